The van der Waals surface area contributed by atoms with Crippen molar-refractivity contribution in [3.05, 3.63) is 71.3 Å². The van der Waals surface area contributed by atoms with Crippen molar-refractivity contribution in [3.8, 4) is 0 Å². The van der Waals surface area contributed by atoms with E-state index in [4.69, 9.17) is 0 Å². The van der Waals surface area contributed by atoms with E-state index in [1.165, 1.54) is 35.2 Å². The molecule has 2 aromatic carbocycles. The molecule has 6 heteroatoms. The molecule has 4 nitrogen and oxygen atoms in total. The number of halogens is 2. The molecule has 154 valence electrons. The van der Waals surface area contributed by atoms with E-state index in [-0.39, 0.29) is 36.6 Å². The van der Waals surface area contributed by atoms with Crippen LogP contribution in [0.2, 0.25) is 0 Å². The van der Waals surface area contributed by atoms with Gasteiger partial charge in [-0.25, -0.2) is 8.78 Å². The van der Waals surface area contributed by atoms with Crippen LogP contribution in [0.5, 0.6) is 0 Å². The zero-order valence-corrected chi connectivity index (χ0v) is 16.5. The summed E-state index contributed by atoms with van der Waals surface area (Å²) < 4.78 is 27.3. The van der Waals surface area contributed by atoms with Crippen LogP contribution >= 0.6 is 0 Å². The van der Waals surface area contributed by atoms with Crippen molar-refractivity contribution in [1.82, 2.24) is 10.2 Å². The fraction of sp³-hybridized carbons (Fsp3) is 0.391. The molecule has 0 radical (unpaired) electrons. The van der Waals surface area contributed by atoms with Crippen molar-refractivity contribution < 1.29 is 18.4 Å². The van der Waals surface area contributed by atoms with Gasteiger partial charge in [0.2, 0.25) is 11.8 Å². The predicted molar refractivity (Wildman–Crippen MR) is 107 cm³/mol. The molecule has 0 unspecified atom stereocenters. The summed E-state index contributed by atoms with van der Waals surface area (Å²) in [5.74, 6) is -1.35. The number of rotatable bonds is 7. The van der Waals surface area contributed by atoms with Gasteiger partial charge in [0.05, 0.1) is 6.42 Å². The number of benzene rings is 2. The van der Waals surface area contributed by atoms with Crippen LogP contribution in [0.15, 0.2) is 48.5 Å². The highest BCUT2D eigenvalue weighted by atomic mass is 19.1. The van der Waals surface area contributed by atoms with Gasteiger partial charge in [-0.3, -0.25) is 9.59 Å². The second-order valence-corrected chi connectivity index (χ2v) is 7.58. The minimum Gasteiger partial charge on any atom is -0.352 e. The van der Waals surface area contributed by atoms with E-state index in [1.54, 1.807) is 25.1 Å². The molecule has 1 saturated carbocycles. The first-order valence-corrected chi connectivity index (χ1v) is 10.0. The fourth-order valence-corrected chi connectivity index (χ4v) is 3.66. The molecule has 0 saturated heterocycles. The molecule has 2 amide bonds. The molecule has 1 N–H and O–H groups in total. The van der Waals surface area contributed by atoms with Crippen LogP contribution in [0, 0.1) is 11.6 Å². The summed E-state index contributed by atoms with van der Waals surface area (Å²) in [5.41, 5.74) is 0.985. The highest BCUT2D eigenvalue weighted by Crippen LogP contribution is 2.19. The second kappa shape index (κ2) is 9.63. The highest BCUT2D eigenvalue weighted by molar-refractivity contribution is 5.88. The SMILES string of the molecule is C[C@H](C(=O)NC1CCCC1)N(Cc1ccccc1F)C(=O)Cc1ccc(F)cc1. The molecular formula is C23H26F2N2O2. The van der Waals surface area contributed by atoms with Crippen LogP contribution in [0.3, 0.4) is 0 Å². The second-order valence-electron chi connectivity index (χ2n) is 7.58. The van der Waals surface area contributed by atoms with Crippen molar-refractivity contribution in [2.24, 2.45) is 0 Å². The van der Waals surface area contributed by atoms with Crippen LogP contribution in [-0.4, -0.2) is 28.8 Å². The van der Waals surface area contributed by atoms with E-state index in [0.717, 1.165) is 25.7 Å². The number of nitrogens with zero attached hydrogens (tertiary/aromatic N) is 1. The molecule has 0 aliphatic heterocycles. The van der Waals surface area contributed by atoms with Gasteiger partial charge < -0.3 is 10.2 Å². The zero-order valence-electron chi connectivity index (χ0n) is 16.5. The van der Waals surface area contributed by atoms with Gasteiger partial charge in [0.25, 0.3) is 0 Å². The Morgan fingerprint density at radius 3 is 2.38 bits per heavy atom. The van der Waals surface area contributed by atoms with E-state index in [2.05, 4.69) is 5.32 Å². The Balaban J connectivity index is 1.77. The van der Waals surface area contributed by atoms with Gasteiger partial charge in [0, 0.05) is 18.2 Å². The Bertz CT molecular complexity index is 848. The number of carbonyl (C=O) groups is 2. The van der Waals surface area contributed by atoms with Crippen LogP contribution in [0.4, 0.5) is 8.78 Å². The lowest BCUT2D eigenvalue weighted by Crippen LogP contribution is -2.50. The largest absolute Gasteiger partial charge is 0.352 e. The lowest BCUT2D eigenvalue weighted by atomic mass is 10.1. The summed E-state index contributed by atoms with van der Waals surface area (Å²) in [6.45, 7) is 1.65. The molecule has 1 aliphatic rings. The van der Waals surface area contributed by atoms with E-state index in [1.807, 2.05) is 0 Å². The number of amides is 2. The van der Waals surface area contributed by atoms with E-state index in [9.17, 15) is 18.4 Å². The Labute approximate surface area is 169 Å². The normalized spacial score (nSPS) is 15.1. The minimum absolute atomic E-state index is 0.00798. The molecule has 0 bridgehead atoms. The number of hydrogen-bond acceptors (Lipinski definition) is 2. The Kier molecular flexibility index (Phi) is 6.96. The van der Waals surface area contributed by atoms with Crippen LogP contribution in [0.25, 0.3) is 0 Å². The van der Waals surface area contributed by atoms with Gasteiger partial charge in [-0.15, -0.1) is 0 Å². The summed E-state index contributed by atoms with van der Waals surface area (Å²) in [6.07, 6.45) is 4.06. The molecule has 0 spiro atoms. The van der Waals surface area contributed by atoms with Gasteiger partial charge in [0.15, 0.2) is 0 Å². The Morgan fingerprint density at radius 1 is 1.07 bits per heavy atom. The first-order valence-electron chi connectivity index (χ1n) is 10.0. The topological polar surface area (TPSA) is 49.4 Å². The average Bonchev–Trinajstić information content (AvgIpc) is 3.21. The van der Waals surface area contributed by atoms with Crippen molar-refractivity contribution in [3.63, 3.8) is 0 Å². The summed E-state index contributed by atoms with van der Waals surface area (Å²) in [6, 6.07) is 11.3. The molecule has 1 fully saturated rings. The monoisotopic (exact) mass is 400 g/mol. The quantitative estimate of drug-likeness (QED) is 0.764. The molecular weight excluding hydrogens is 374 g/mol. The molecule has 3 rings (SSSR count). The summed E-state index contributed by atoms with van der Waals surface area (Å²) in [4.78, 5) is 27.2. The maximum absolute atomic E-state index is 14.2. The first kappa shape index (κ1) is 21.0. The summed E-state index contributed by atoms with van der Waals surface area (Å²) >= 11 is 0. The fourth-order valence-electron chi connectivity index (χ4n) is 3.66. The third-order valence-electron chi connectivity index (χ3n) is 5.44. The van der Waals surface area contributed by atoms with E-state index in [0.29, 0.717) is 11.1 Å². The molecule has 2 aromatic rings. The zero-order chi connectivity index (χ0) is 20.8. The smallest absolute Gasteiger partial charge is 0.242 e. The van der Waals surface area contributed by atoms with Crippen molar-refractivity contribution in [2.45, 2.75) is 57.7 Å². The summed E-state index contributed by atoms with van der Waals surface area (Å²) in [5, 5.41) is 3.01. The lowest BCUT2D eigenvalue weighted by Gasteiger charge is -2.30. The Hall–Kier alpha value is -2.76. The van der Waals surface area contributed by atoms with Gasteiger partial charge in [-0.1, -0.05) is 43.2 Å². The maximum Gasteiger partial charge on any atom is 0.242 e. The minimum atomic E-state index is -0.747. The van der Waals surface area contributed by atoms with Crippen molar-refractivity contribution in [1.29, 1.82) is 0 Å². The maximum atomic E-state index is 14.2. The third-order valence-corrected chi connectivity index (χ3v) is 5.44. The average molecular weight is 400 g/mol. The van der Waals surface area contributed by atoms with Gasteiger partial charge in [-0.05, 0) is 43.5 Å². The van der Waals surface area contributed by atoms with Gasteiger partial charge in [-0.2, -0.15) is 0 Å². The molecule has 1 atom stereocenters. The molecule has 0 aromatic heterocycles. The third kappa shape index (κ3) is 5.62. The number of hydrogen-bond donors (Lipinski definition) is 1. The molecule has 1 aliphatic carbocycles. The van der Waals surface area contributed by atoms with Gasteiger partial charge in [0.1, 0.15) is 17.7 Å². The number of carbonyl (C=O) groups excluding carboxylic acids is 2. The van der Waals surface area contributed by atoms with E-state index >= 15 is 0 Å². The van der Waals surface area contributed by atoms with Crippen LogP contribution in [0.1, 0.15) is 43.7 Å². The number of nitrogens with one attached hydrogen (secondary N) is 1. The van der Waals surface area contributed by atoms with Crippen molar-refractivity contribution >= 4 is 11.8 Å². The van der Waals surface area contributed by atoms with Crippen LogP contribution < -0.4 is 5.32 Å². The lowest BCUT2D eigenvalue weighted by molar-refractivity contribution is -0.140. The van der Waals surface area contributed by atoms with E-state index < -0.39 is 11.9 Å². The van der Waals surface area contributed by atoms with Crippen molar-refractivity contribution in [2.75, 3.05) is 0 Å². The first-order chi connectivity index (χ1) is 13.9. The van der Waals surface area contributed by atoms with Crippen LogP contribution in [-0.2, 0) is 22.6 Å². The highest BCUT2D eigenvalue weighted by Gasteiger charge is 2.29. The van der Waals surface area contributed by atoms with Gasteiger partial charge >= 0.3 is 0 Å². The molecule has 29 heavy (non-hydrogen) atoms. The standard InChI is InChI=1S/C23H26F2N2O2/c1-16(23(29)26-20-7-3-4-8-20)27(15-18-6-2-5-9-21(18)25)22(28)14-17-10-12-19(24)13-11-17/h2,5-6,9-13,16,20H,3-4,7-8,14-15H2,1H3,(H,26,29)/t16-/m1/s1. The Morgan fingerprint density at radius 2 is 1.72 bits per heavy atom. The predicted octanol–water partition coefficient (Wildman–Crippen LogP) is 3.98. The molecule has 0 heterocycles. The summed E-state index contributed by atoms with van der Waals surface area (Å²) in [7, 11) is 0.